The first-order chi connectivity index (χ1) is 22.6. The third-order valence-electron chi connectivity index (χ3n) is 11.1. The molecule has 4 unspecified atom stereocenters. The van der Waals surface area contributed by atoms with Crippen molar-refractivity contribution < 1.29 is 58.7 Å². The van der Waals surface area contributed by atoms with Crippen LogP contribution in [0.3, 0.4) is 0 Å². The molecule has 0 aromatic heterocycles. The van der Waals surface area contributed by atoms with Gasteiger partial charge in [-0.05, 0) is 74.3 Å². The van der Waals surface area contributed by atoms with E-state index in [2.05, 4.69) is 0 Å². The number of hydrogen-bond acceptors (Lipinski definition) is 13. The molecule has 3 aliphatic heterocycles. The van der Waals surface area contributed by atoms with Crippen molar-refractivity contribution in [3.63, 3.8) is 0 Å². The van der Waals surface area contributed by atoms with Crippen LogP contribution in [0.25, 0.3) is 0 Å². The van der Waals surface area contributed by atoms with E-state index in [-0.39, 0.29) is 31.3 Å². The van der Waals surface area contributed by atoms with Gasteiger partial charge in [0.05, 0.1) is 41.5 Å². The largest absolute Gasteiger partial charge is 0.459 e. The average molecular weight is 704 g/mol. The second-order valence-corrected chi connectivity index (χ2v) is 15.7. The summed E-state index contributed by atoms with van der Waals surface area (Å²) in [6.45, 7) is 17.8. The van der Waals surface area contributed by atoms with Crippen molar-refractivity contribution in [2.45, 2.75) is 173 Å². The SMILES string of the molecule is CC[C@H]1OC(=O)[C@H](C)[C@@H](OC2CC(C)(OC)C(O)C(C)O2)[C@H](C)[C@@H](O[C@@H]2O[C@H](C)C=C[C@H]2O)[C@](C)(O)C[C@@H](C)CN(C)[C@H](C)[C@@H](O)[C@]1(C)O. The summed E-state index contributed by atoms with van der Waals surface area (Å²) >= 11 is 0. The van der Waals surface area contributed by atoms with E-state index in [0.717, 1.165) is 0 Å². The number of carbonyl (C=O) groups is 1. The Hall–Kier alpha value is -1.23. The van der Waals surface area contributed by atoms with E-state index in [4.69, 9.17) is 28.4 Å². The summed E-state index contributed by atoms with van der Waals surface area (Å²) in [6.07, 6.45) is -5.61. The molecule has 0 radical (unpaired) electrons. The standard InChI is InChI=1S/C36H65NO12/c1-13-26-36(10,43)29(39)23(6)37(11)18-19(2)16-34(8,42)31(49-33-25(38)15-14-20(3)45-33)21(4)28(22(5)32(41)47-26)48-27-17-35(9,44-12)30(40)24(7)46-27/h14-15,19-31,33,38-40,42-43H,13,16-18H2,1-12H3/t19-,20-,21+,22-,23-,24?,25-,26-,27?,28+,29-,30?,31-,33+,34-,35?,36-/m1/s1. The van der Waals surface area contributed by atoms with Crippen molar-refractivity contribution in [2.24, 2.45) is 17.8 Å². The van der Waals surface area contributed by atoms with Crippen LogP contribution in [0.15, 0.2) is 12.2 Å². The van der Waals surface area contributed by atoms with Gasteiger partial charge in [0.25, 0.3) is 0 Å². The molecule has 3 aliphatic rings. The number of esters is 1. The second kappa shape index (κ2) is 16.6. The number of hydrogen-bond donors (Lipinski definition) is 5. The lowest BCUT2D eigenvalue weighted by molar-refractivity contribution is -0.309. The van der Waals surface area contributed by atoms with Crippen molar-refractivity contribution >= 4 is 5.97 Å². The van der Waals surface area contributed by atoms with Crippen LogP contribution in [0.2, 0.25) is 0 Å². The Labute approximate surface area is 292 Å². The topological polar surface area (TPSA) is 177 Å². The van der Waals surface area contributed by atoms with Crippen molar-refractivity contribution in [3.05, 3.63) is 12.2 Å². The Bertz CT molecular complexity index is 1100. The summed E-state index contributed by atoms with van der Waals surface area (Å²) in [5, 5.41) is 57.1. The predicted octanol–water partition coefficient (Wildman–Crippen LogP) is 2.14. The number of ether oxygens (including phenoxy) is 6. The zero-order valence-corrected chi connectivity index (χ0v) is 31.6. The summed E-state index contributed by atoms with van der Waals surface area (Å²) in [4.78, 5) is 16.0. The molecule has 2 fully saturated rings. The number of carbonyl (C=O) groups excluding carboxylic acids is 1. The molecule has 13 nitrogen and oxygen atoms in total. The van der Waals surface area contributed by atoms with Gasteiger partial charge in [-0.2, -0.15) is 0 Å². The van der Waals surface area contributed by atoms with Gasteiger partial charge in [-0.15, -0.1) is 0 Å². The van der Waals surface area contributed by atoms with Crippen LogP contribution in [0.4, 0.5) is 0 Å². The van der Waals surface area contributed by atoms with Gasteiger partial charge in [0.1, 0.15) is 30.0 Å². The van der Waals surface area contributed by atoms with Crippen LogP contribution in [-0.2, 0) is 33.2 Å². The van der Waals surface area contributed by atoms with E-state index >= 15 is 0 Å². The van der Waals surface area contributed by atoms with Crippen molar-refractivity contribution in [1.82, 2.24) is 4.90 Å². The quantitative estimate of drug-likeness (QED) is 0.201. The second-order valence-electron chi connectivity index (χ2n) is 15.7. The number of nitrogens with zero attached hydrogens (tertiary/aromatic N) is 1. The average Bonchev–Trinajstić information content (AvgIpc) is 3.02. The number of aliphatic hydroxyl groups excluding tert-OH is 3. The molecule has 0 bridgehead atoms. The van der Waals surface area contributed by atoms with E-state index in [1.807, 2.05) is 25.8 Å². The minimum Gasteiger partial charge on any atom is -0.459 e. The fraction of sp³-hybridized carbons (Fsp3) is 0.917. The van der Waals surface area contributed by atoms with Crippen molar-refractivity contribution in [3.8, 4) is 0 Å². The highest BCUT2D eigenvalue weighted by Crippen LogP contribution is 2.39. The van der Waals surface area contributed by atoms with Gasteiger partial charge in [0.15, 0.2) is 12.6 Å². The zero-order chi connectivity index (χ0) is 37.2. The first kappa shape index (κ1) is 42.2. The maximum atomic E-state index is 14.1. The van der Waals surface area contributed by atoms with E-state index in [0.29, 0.717) is 6.54 Å². The number of cyclic esters (lactones) is 1. The Morgan fingerprint density at radius 1 is 0.939 bits per heavy atom. The smallest absolute Gasteiger partial charge is 0.311 e. The minimum atomic E-state index is -1.79. The molecular weight excluding hydrogens is 638 g/mol. The van der Waals surface area contributed by atoms with Gasteiger partial charge < -0.3 is 58.9 Å². The molecule has 5 N–H and O–H groups in total. The maximum Gasteiger partial charge on any atom is 0.311 e. The number of methoxy groups -OCH3 is 1. The molecule has 2 saturated heterocycles. The highest BCUT2D eigenvalue weighted by atomic mass is 16.7. The molecular formula is C36H65NO12. The van der Waals surface area contributed by atoms with Crippen LogP contribution in [0.1, 0.15) is 88.5 Å². The molecule has 0 aromatic carbocycles. The predicted molar refractivity (Wildman–Crippen MR) is 181 cm³/mol. The Morgan fingerprint density at radius 3 is 2.16 bits per heavy atom. The highest BCUT2D eigenvalue weighted by molar-refractivity contribution is 5.73. The molecule has 3 heterocycles. The molecule has 286 valence electrons. The van der Waals surface area contributed by atoms with Gasteiger partial charge in [-0.1, -0.05) is 32.9 Å². The summed E-state index contributed by atoms with van der Waals surface area (Å²) < 4.78 is 36.9. The van der Waals surface area contributed by atoms with E-state index in [9.17, 15) is 30.3 Å². The minimum absolute atomic E-state index is 0.133. The lowest BCUT2D eigenvalue weighted by atomic mass is 9.77. The summed E-state index contributed by atoms with van der Waals surface area (Å²) in [7, 11) is 3.33. The van der Waals surface area contributed by atoms with Gasteiger partial charge in [-0.3, -0.25) is 4.79 Å². The van der Waals surface area contributed by atoms with Gasteiger partial charge in [0, 0.05) is 32.0 Å². The molecule has 49 heavy (non-hydrogen) atoms. The maximum absolute atomic E-state index is 14.1. The summed E-state index contributed by atoms with van der Waals surface area (Å²) in [5.74, 6) is -2.57. The van der Waals surface area contributed by atoms with Gasteiger partial charge in [-0.25, -0.2) is 0 Å². The first-order valence-electron chi connectivity index (χ1n) is 17.8. The molecule has 0 spiro atoms. The molecule has 17 atom stereocenters. The van der Waals surface area contributed by atoms with Crippen molar-refractivity contribution in [2.75, 3.05) is 20.7 Å². The molecule has 0 saturated carbocycles. The fourth-order valence-electron chi connectivity index (χ4n) is 7.89. The summed E-state index contributed by atoms with van der Waals surface area (Å²) in [6, 6.07) is -0.533. The zero-order valence-electron chi connectivity index (χ0n) is 31.6. The van der Waals surface area contributed by atoms with E-state index < -0.39 is 96.0 Å². The van der Waals surface area contributed by atoms with Gasteiger partial charge in [0.2, 0.25) is 0 Å². The fourth-order valence-corrected chi connectivity index (χ4v) is 7.89. The number of rotatable bonds is 6. The Balaban J connectivity index is 2.15. The van der Waals surface area contributed by atoms with E-state index in [1.165, 1.54) is 14.0 Å². The molecule has 0 amide bonds. The summed E-state index contributed by atoms with van der Waals surface area (Å²) in [5.41, 5.74) is -4.35. The first-order valence-corrected chi connectivity index (χ1v) is 17.8. The third-order valence-corrected chi connectivity index (χ3v) is 11.1. The van der Waals surface area contributed by atoms with Crippen LogP contribution in [-0.4, -0.2) is 141 Å². The Kier molecular flexibility index (Phi) is 14.3. The molecule has 0 aromatic rings. The lowest BCUT2D eigenvalue weighted by Crippen LogP contribution is -2.59. The third kappa shape index (κ3) is 9.61. The molecule has 0 aliphatic carbocycles. The number of likely N-dealkylation sites (N-methyl/N-ethyl adjacent to an activating group) is 1. The van der Waals surface area contributed by atoms with Crippen molar-refractivity contribution in [1.29, 1.82) is 0 Å². The Morgan fingerprint density at radius 2 is 1.57 bits per heavy atom. The number of aliphatic hydroxyl groups is 5. The van der Waals surface area contributed by atoms with Crippen LogP contribution in [0, 0.1) is 17.8 Å². The molecule has 3 rings (SSSR count). The van der Waals surface area contributed by atoms with Crippen LogP contribution >= 0.6 is 0 Å². The highest BCUT2D eigenvalue weighted by Gasteiger charge is 2.52. The normalized spacial score (nSPS) is 49.9. The van der Waals surface area contributed by atoms with Crippen LogP contribution in [0.5, 0.6) is 0 Å². The molecule has 13 heteroatoms. The van der Waals surface area contributed by atoms with E-state index in [1.54, 1.807) is 60.6 Å². The lowest BCUT2D eigenvalue weighted by Gasteiger charge is -2.47. The monoisotopic (exact) mass is 703 g/mol. The van der Waals surface area contributed by atoms with Crippen LogP contribution < -0.4 is 0 Å². The van der Waals surface area contributed by atoms with Gasteiger partial charge >= 0.3 is 5.97 Å².